The van der Waals surface area contributed by atoms with Crippen LogP contribution in [-0.4, -0.2) is 14.9 Å². The highest BCUT2D eigenvalue weighted by Gasteiger charge is 2.34. The molecule has 1 heterocycles. The molecule has 0 radical (unpaired) electrons. The molecule has 0 aliphatic heterocycles. The maximum absolute atomic E-state index is 13.8. The van der Waals surface area contributed by atoms with Crippen molar-refractivity contribution in [2.75, 3.05) is 0 Å². The Kier molecular flexibility index (Phi) is 5.81. The van der Waals surface area contributed by atoms with Crippen molar-refractivity contribution in [3.05, 3.63) is 88.0 Å². The van der Waals surface area contributed by atoms with Crippen molar-refractivity contribution in [2.45, 2.75) is 63.8 Å². The summed E-state index contributed by atoms with van der Waals surface area (Å²) in [6.07, 6.45) is 10.1. The van der Waals surface area contributed by atoms with Gasteiger partial charge >= 0.3 is 0 Å². The van der Waals surface area contributed by atoms with Gasteiger partial charge in [-0.1, -0.05) is 24.6 Å². The largest absolute Gasteiger partial charge is 0.321 e. The van der Waals surface area contributed by atoms with Gasteiger partial charge in [0.15, 0.2) is 5.78 Å². The van der Waals surface area contributed by atoms with Gasteiger partial charge < -0.3 is 9.13 Å². The van der Waals surface area contributed by atoms with Gasteiger partial charge in [-0.05, 0) is 90.8 Å². The van der Waals surface area contributed by atoms with Crippen LogP contribution in [-0.2, 0) is 13.6 Å². The number of hydrogen-bond donors (Lipinski definition) is 1. The van der Waals surface area contributed by atoms with Crippen LogP contribution in [0, 0.1) is 24.1 Å². The maximum Gasteiger partial charge on any atom is 0.202 e. The number of halogens is 1. The number of aryl methyl sites for hydroxylation is 2. The van der Waals surface area contributed by atoms with E-state index in [0.717, 1.165) is 29.5 Å². The van der Waals surface area contributed by atoms with E-state index in [1.807, 2.05) is 42.2 Å². The van der Waals surface area contributed by atoms with E-state index in [9.17, 15) is 9.18 Å². The summed E-state index contributed by atoms with van der Waals surface area (Å²) < 4.78 is 17.5. The van der Waals surface area contributed by atoms with Crippen molar-refractivity contribution in [3.63, 3.8) is 0 Å². The van der Waals surface area contributed by atoms with Gasteiger partial charge in [0.2, 0.25) is 5.62 Å². The molecular weight excluding hydrogens is 413 g/mol. The number of aromatic nitrogens is 2. The lowest BCUT2D eigenvalue weighted by molar-refractivity contribution is 0.0970. The summed E-state index contributed by atoms with van der Waals surface area (Å²) in [6, 6.07) is 11.7. The van der Waals surface area contributed by atoms with E-state index in [1.54, 1.807) is 11.5 Å². The first-order chi connectivity index (χ1) is 15.9. The normalized spacial score (nSPS) is 17.1. The van der Waals surface area contributed by atoms with Crippen LogP contribution in [0.3, 0.4) is 0 Å². The number of ketones is 1. The molecule has 3 aromatic rings. The molecule has 5 rings (SSSR count). The van der Waals surface area contributed by atoms with Crippen LogP contribution in [0.5, 0.6) is 0 Å². The Morgan fingerprint density at radius 3 is 2.52 bits per heavy atom. The van der Waals surface area contributed by atoms with Gasteiger partial charge in [0.1, 0.15) is 5.82 Å². The monoisotopic (exact) mass is 445 g/mol. The van der Waals surface area contributed by atoms with Gasteiger partial charge in [-0.15, -0.1) is 0 Å². The summed E-state index contributed by atoms with van der Waals surface area (Å²) >= 11 is 0. The Hall–Kier alpha value is -2.95. The zero-order chi connectivity index (χ0) is 23.1. The average Bonchev–Trinajstić information content (AvgIpc) is 3.55. The van der Waals surface area contributed by atoms with Crippen molar-refractivity contribution in [2.24, 2.45) is 13.0 Å². The van der Waals surface area contributed by atoms with E-state index in [-0.39, 0.29) is 17.5 Å². The molecule has 2 aromatic carbocycles. The van der Waals surface area contributed by atoms with E-state index in [0.29, 0.717) is 36.0 Å². The molecule has 1 N–H and O–H groups in total. The van der Waals surface area contributed by atoms with E-state index < -0.39 is 0 Å². The highest BCUT2D eigenvalue weighted by atomic mass is 19.1. The van der Waals surface area contributed by atoms with Gasteiger partial charge in [-0.3, -0.25) is 10.2 Å². The zero-order valence-electron chi connectivity index (χ0n) is 19.5. The molecule has 172 valence electrons. The number of rotatable bonds is 8. The summed E-state index contributed by atoms with van der Waals surface area (Å²) in [6.45, 7) is 2.38. The number of hydrogen-bond acceptors (Lipinski definition) is 2. The van der Waals surface area contributed by atoms with E-state index in [2.05, 4.69) is 12.1 Å². The molecule has 33 heavy (non-hydrogen) atoms. The molecule has 0 saturated heterocycles. The van der Waals surface area contributed by atoms with Crippen LogP contribution in [0.4, 0.5) is 4.39 Å². The summed E-state index contributed by atoms with van der Waals surface area (Å²) in [5.41, 5.74) is 5.28. The number of carbonyl (C=O) groups excluding carboxylic acids is 1. The smallest absolute Gasteiger partial charge is 0.202 e. The molecule has 5 heteroatoms. The maximum atomic E-state index is 13.8. The van der Waals surface area contributed by atoms with Crippen LogP contribution in [0.25, 0.3) is 0 Å². The van der Waals surface area contributed by atoms with E-state index in [4.69, 9.17) is 5.41 Å². The molecule has 2 saturated carbocycles. The molecule has 1 aromatic heterocycles. The number of carbonyl (C=O) groups is 1. The Morgan fingerprint density at radius 1 is 1.12 bits per heavy atom. The zero-order valence-corrected chi connectivity index (χ0v) is 19.5. The molecule has 0 bridgehead atoms. The first-order valence-electron chi connectivity index (χ1n) is 12.1. The minimum absolute atomic E-state index is 0.149. The molecule has 4 nitrogen and oxygen atoms in total. The van der Waals surface area contributed by atoms with Crippen molar-refractivity contribution in [3.8, 4) is 0 Å². The van der Waals surface area contributed by atoms with Gasteiger partial charge in [0, 0.05) is 31.4 Å². The summed E-state index contributed by atoms with van der Waals surface area (Å²) in [4.78, 5) is 13.5. The molecule has 2 aliphatic rings. The molecule has 0 unspecified atom stereocenters. The Bertz CT molecular complexity index is 1250. The third-order valence-corrected chi connectivity index (χ3v) is 7.55. The standard InChI is InChI=1S/C28H32FN3O/c1-18-12-22(8-9-26(18)29)25(21-6-7-21)16-27(33)24-14-19(13-23(15-24)20-4-3-5-20)17-32-11-10-31(2)28(32)30/h8-15,20-21,25,30H,3-7,16-17H2,1-2H3/t25-/m0/s1. The third kappa shape index (κ3) is 4.59. The highest BCUT2D eigenvalue weighted by Crippen LogP contribution is 2.45. The van der Waals surface area contributed by atoms with Gasteiger partial charge in [0.05, 0.1) is 6.54 Å². The quantitative estimate of drug-likeness (QED) is 0.435. The molecule has 1 atom stereocenters. The van der Waals surface area contributed by atoms with Gasteiger partial charge in [-0.2, -0.15) is 0 Å². The second-order valence-corrected chi connectivity index (χ2v) is 10.0. The van der Waals surface area contributed by atoms with Crippen molar-refractivity contribution < 1.29 is 9.18 Å². The number of benzene rings is 2. The minimum Gasteiger partial charge on any atom is -0.321 e. The first kappa shape index (κ1) is 21.9. The highest BCUT2D eigenvalue weighted by molar-refractivity contribution is 5.97. The minimum atomic E-state index is -0.190. The van der Waals surface area contributed by atoms with Crippen LogP contribution in [0.15, 0.2) is 48.8 Å². The van der Waals surface area contributed by atoms with Crippen LogP contribution >= 0.6 is 0 Å². The molecule has 0 amide bonds. The van der Waals surface area contributed by atoms with E-state index in [1.165, 1.54) is 30.9 Å². The average molecular weight is 446 g/mol. The second kappa shape index (κ2) is 8.77. The predicted molar refractivity (Wildman–Crippen MR) is 127 cm³/mol. The van der Waals surface area contributed by atoms with Crippen molar-refractivity contribution in [1.29, 1.82) is 5.41 Å². The SMILES string of the molecule is Cc1cc([C@@H](CC(=O)c2cc(Cn3ccn(C)c3=N)cc(C3CCC3)c2)C2CC2)ccc1F. The number of nitrogens with zero attached hydrogens (tertiary/aromatic N) is 2. The lowest BCUT2D eigenvalue weighted by atomic mass is 9.78. The van der Waals surface area contributed by atoms with Crippen LogP contribution in [0.2, 0.25) is 0 Å². The molecule has 0 spiro atoms. The lowest BCUT2D eigenvalue weighted by Crippen LogP contribution is -2.23. The Morgan fingerprint density at radius 2 is 1.91 bits per heavy atom. The fraction of sp³-hybridized carbons (Fsp3) is 0.429. The summed E-state index contributed by atoms with van der Waals surface area (Å²) in [5.74, 6) is 1.17. The number of imidazole rings is 1. The van der Waals surface area contributed by atoms with Crippen molar-refractivity contribution in [1.82, 2.24) is 9.13 Å². The number of nitrogens with one attached hydrogen (secondary N) is 1. The topological polar surface area (TPSA) is 50.8 Å². The first-order valence-corrected chi connectivity index (χ1v) is 12.1. The van der Waals surface area contributed by atoms with Gasteiger partial charge in [-0.25, -0.2) is 4.39 Å². The van der Waals surface area contributed by atoms with Crippen LogP contribution < -0.4 is 5.62 Å². The van der Waals surface area contributed by atoms with Gasteiger partial charge in [0.25, 0.3) is 0 Å². The predicted octanol–water partition coefficient (Wildman–Crippen LogP) is 5.84. The summed E-state index contributed by atoms with van der Waals surface area (Å²) in [7, 11) is 1.87. The molecule has 2 fully saturated rings. The third-order valence-electron chi connectivity index (χ3n) is 7.55. The fourth-order valence-corrected chi connectivity index (χ4v) is 5.07. The van der Waals surface area contributed by atoms with Crippen LogP contribution in [0.1, 0.15) is 83.0 Å². The fourth-order valence-electron chi connectivity index (χ4n) is 5.07. The lowest BCUT2D eigenvalue weighted by Gasteiger charge is -2.27. The second-order valence-electron chi connectivity index (χ2n) is 10.0. The summed E-state index contributed by atoms with van der Waals surface area (Å²) in [5, 5.41) is 8.25. The molecular formula is C28H32FN3O. The van der Waals surface area contributed by atoms with E-state index >= 15 is 0 Å². The Labute approximate surface area is 194 Å². The number of Topliss-reactive ketones (excluding diaryl/α,β-unsaturated/α-hetero) is 1. The van der Waals surface area contributed by atoms with Crippen molar-refractivity contribution >= 4 is 5.78 Å². The Balaban J connectivity index is 1.44. The molecule has 2 aliphatic carbocycles.